The fraction of sp³-hybridized carbons (Fsp3) is 0.409. The summed E-state index contributed by atoms with van der Waals surface area (Å²) in [5.41, 5.74) is 0.388. The minimum absolute atomic E-state index is 0.0729. The van der Waals surface area contributed by atoms with Crippen molar-refractivity contribution in [2.45, 2.75) is 43.6 Å². The Morgan fingerprint density at radius 2 is 1.71 bits per heavy atom. The molecule has 6 rings (SSSR count). The van der Waals surface area contributed by atoms with E-state index < -0.39 is 17.2 Å². The molecule has 3 aliphatic heterocycles. The summed E-state index contributed by atoms with van der Waals surface area (Å²) in [4.78, 5) is 26.2. The quantitative estimate of drug-likeness (QED) is 0.632. The van der Waals surface area contributed by atoms with Crippen LogP contribution < -0.4 is 4.90 Å². The van der Waals surface area contributed by atoms with Crippen LogP contribution in [0, 0.1) is 11.6 Å². The highest BCUT2D eigenvalue weighted by atomic mass is 19.1. The van der Waals surface area contributed by atoms with Crippen molar-refractivity contribution in [3.8, 4) is 0 Å². The maximum absolute atomic E-state index is 13.8. The van der Waals surface area contributed by atoms with Crippen molar-refractivity contribution in [2.24, 2.45) is 0 Å². The second kappa shape index (κ2) is 6.71. The van der Waals surface area contributed by atoms with Gasteiger partial charge in [0.1, 0.15) is 17.9 Å². The van der Waals surface area contributed by atoms with Crippen LogP contribution in [0.25, 0.3) is 5.65 Å². The second-order valence-electron chi connectivity index (χ2n) is 8.47. The number of fused-ring (bicyclic) bond motifs is 2. The monoisotopic (exact) mass is 425 g/mol. The number of hydrogen-bond acceptors (Lipinski definition) is 5. The van der Waals surface area contributed by atoms with E-state index in [0.717, 1.165) is 17.5 Å². The summed E-state index contributed by atoms with van der Waals surface area (Å²) in [5, 5.41) is 0. The lowest BCUT2D eigenvalue weighted by Crippen LogP contribution is -2.50. The van der Waals surface area contributed by atoms with Gasteiger partial charge in [-0.2, -0.15) is 0 Å². The van der Waals surface area contributed by atoms with E-state index in [1.54, 1.807) is 17.3 Å². The number of piperidine rings is 1. The number of hydrogen-bond donors (Lipinski definition) is 0. The van der Waals surface area contributed by atoms with Crippen molar-refractivity contribution >= 4 is 17.4 Å². The molecule has 5 heterocycles. The van der Waals surface area contributed by atoms with Crippen LogP contribution >= 0.6 is 0 Å². The number of ether oxygens (including phenoxy) is 1. The van der Waals surface area contributed by atoms with Crippen molar-refractivity contribution in [1.29, 1.82) is 0 Å². The molecule has 0 aliphatic carbocycles. The van der Waals surface area contributed by atoms with Crippen LogP contribution in [0.3, 0.4) is 0 Å². The van der Waals surface area contributed by atoms with Gasteiger partial charge in [0.2, 0.25) is 0 Å². The predicted molar refractivity (Wildman–Crippen MR) is 107 cm³/mol. The summed E-state index contributed by atoms with van der Waals surface area (Å²) in [5.74, 6) is -0.540. The summed E-state index contributed by atoms with van der Waals surface area (Å²) < 4.78 is 35.8. The average Bonchev–Trinajstić information content (AvgIpc) is 3.45. The van der Waals surface area contributed by atoms with Gasteiger partial charge < -0.3 is 18.9 Å². The van der Waals surface area contributed by atoms with E-state index in [-0.39, 0.29) is 18.2 Å². The van der Waals surface area contributed by atoms with Gasteiger partial charge in [0.15, 0.2) is 17.1 Å². The molecule has 1 aromatic carbocycles. The van der Waals surface area contributed by atoms with Crippen LogP contribution in [0.5, 0.6) is 0 Å². The molecule has 1 amide bonds. The molecule has 7 nitrogen and oxygen atoms in total. The molecule has 2 atom stereocenters. The zero-order chi connectivity index (χ0) is 21.2. The molecule has 0 radical (unpaired) electrons. The molecule has 31 heavy (non-hydrogen) atoms. The van der Waals surface area contributed by atoms with E-state index in [1.807, 2.05) is 16.8 Å². The number of rotatable bonds is 2. The van der Waals surface area contributed by atoms with Crippen LogP contribution in [0.1, 0.15) is 37.3 Å². The number of amides is 1. The van der Waals surface area contributed by atoms with Crippen molar-refractivity contribution in [1.82, 2.24) is 19.3 Å². The minimum atomic E-state index is -0.883. The van der Waals surface area contributed by atoms with Gasteiger partial charge in [0.25, 0.3) is 5.91 Å². The summed E-state index contributed by atoms with van der Waals surface area (Å²) in [6.07, 6.45) is 9.22. The molecule has 3 saturated heterocycles. The van der Waals surface area contributed by atoms with Crippen molar-refractivity contribution in [2.75, 3.05) is 18.0 Å². The zero-order valence-corrected chi connectivity index (χ0v) is 16.7. The molecule has 9 heteroatoms. The number of imidazole rings is 1. The highest BCUT2D eigenvalue weighted by molar-refractivity contribution is 5.88. The molecule has 0 saturated carbocycles. The summed E-state index contributed by atoms with van der Waals surface area (Å²) in [7, 11) is 0. The van der Waals surface area contributed by atoms with Gasteiger partial charge in [-0.1, -0.05) is 0 Å². The standard InChI is InChI=1S/C22H21F2N5O2/c23-15-11-14(12-16(24)13-15)17-1-2-18-29(17)21(30)22(31-18)3-7-27(8-4-22)19-20-26-6-10-28(20)9-5-25-19/h5-6,9-13,17-18H,1-4,7-8H2. The van der Waals surface area contributed by atoms with E-state index in [9.17, 15) is 13.6 Å². The molecule has 0 bridgehead atoms. The Labute approximate surface area is 177 Å². The van der Waals surface area contributed by atoms with Crippen LogP contribution in [-0.4, -0.2) is 50.1 Å². The Morgan fingerprint density at radius 1 is 1.00 bits per heavy atom. The number of carbonyl (C=O) groups excluding carboxylic acids is 1. The highest BCUT2D eigenvalue weighted by Gasteiger charge is 2.58. The Morgan fingerprint density at radius 3 is 2.45 bits per heavy atom. The summed E-state index contributed by atoms with van der Waals surface area (Å²) >= 11 is 0. The van der Waals surface area contributed by atoms with Crippen LogP contribution in [0.4, 0.5) is 14.6 Å². The molecule has 3 aromatic rings. The Balaban J connectivity index is 1.24. The molecule has 3 fully saturated rings. The average molecular weight is 425 g/mol. The fourth-order valence-corrected chi connectivity index (χ4v) is 5.28. The zero-order valence-electron chi connectivity index (χ0n) is 16.7. The molecular weight excluding hydrogens is 404 g/mol. The predicted octanol–water partition coefficient (Wildman–Crippen LogP) is 3.07. The number of benzene rings is 1. The topological polar surface area (TPSA) is 63.0 Å². The van der Waals surface area contributed by atoms with Gasteiger partial charge in [-0.3, -0.25) is 4.79 Å². The van der Waals surface area contributed by atoms with Gasteiger partial charge >= 0.3 is 0 Å². The van der Waals surface area contributed by atoms with E-state index in [1.165, 1.54) is 12.1 Å². The SMILES string of the molecule is O=C1N2C(CCC2c2cc(F)cc(F)c2)OC12CCN(c1nccn3ccnc13)CC2. The Kier molecular flexibility index (Phi) is 4.05. The molecule has 2 unspecified atom stereocenters. The van der Waals surface area contributed by atoms with Gasteiger partial charge in [-0.25, -0.2) is 18.7 Å². The smallest absolute Gasteiger partial charge is 0.257 e. The number of nitrogens with zero attached hydrogens (tertiary/aromatic N) is 5. The van der Waals surface area contributed by atoms with Gasteiger partial charge in [-0.15, -0.1) is 0 Å². The first-order chi connectivity index (χ1) is 15.0. The maximum atomic E-state index is 13.8. The maximum Gasteiger partial charge on any atom is 0.257 e. The molecule has 1 spiro atoms. The normalized spacial score (nSPS) is 25.0. The largest absolute Gasteiger partial charge is 0.353 e. The van der Waals surface area contributed by atoms with Gasteiger partial charge in [0.05, 0.1) is 6.04 Å². The minimum Gasteiger partial charge on any atom is -0.353 e. The van der Waals surface area contributed by atoms with Crippen LogP contribution in [0.2, 0.25) is 0 Å². The third kappa shape index (κ3) is 2.83. The highest BCUT2D eigenvalue weighted by Crippen LogP contribution is 2.48. The summed E-state index contributed by atoms with van der Waals surface area (Å²) in [6, 6.07) is 3.12. The molecular formula is C22H21F2N5O2. The first-order valence-corrected chi connectivity index (χ1v) is 10.5. The van der Waals surface area contributed by atoms with E-state index in [4.69, 9.17) is 4.74 Å². The number of halogens is 2. The van der Waals surface area contributed by atoms with E-state index >= 15 is 0 Å². The number of anilines is 1. The Hall–Kier alpha value is -3.07. The molecule has 2 aromatic heterocycles. The van der Waals surface area contributed by atoms with Crippen molar-refractivity contribution < 1.29 is 18.3 Å². The molecule has 160 valence electrons. The van der Waals surface area contributed by atoms with Crippen molar-refractivity contribution in [3.05, 3.63) is 60.2 Å². The third-order valence-corrected chi connectivity index (χ3v) is 6.75. The molecule has 3 aliphatic rings. The third-order valence-electron chi connectivity index (χ3n) is 6.75. The first kappa shape index (κ1) is 18.7. The second-order valence-corrected chi connectivity index (χ2v) is 8.47. The Bertz CT molecular complexity index is 1150. The lowest BCUT2D eigenvalue weighted by Gasteiger charge is -2.38. The van der Waals surface area contributed by atoms with Gasteiger partial charge in [-0.05, 0) is 30.5 Å². The van der Waals surface area contributed by atoms with Crippen molar-refractivity contribution in [3.63, 3.8) is 0 Å². The first-order valence-electron chi connectivity index (χ1n) is 10.5. The lowest BCUT2D eigenvalue weighted by atomic mass is 9.89. The van der Waals surface area contributed by atoms with E-state index in [2.05, 4.69) is 14.9 Å². The molecule has 0 N–H and O–H groups in total. The number of aromatic nitrogens is 3. The van der Waals surface area contributed by atoms with Gasteiger partial charge in [0, 0.05) is 56.8 Å². The number of carbonyl (C=O) groups is 1. The lowest BCUT2D eigenvalue weighted by molar-refractivity contribution is -0.140. The summed E-state index contributed by atoms with van der Waals surface area (Å²) in [6.45, 7) is 1.23. The van der Waals surface area contributed by atoms with E-state index in [0.29, 0.717) is 44.3 Å². The van der Waals surface area contributed by atoms with Crippen LogP contribution in [-0.2, 0) is 9.53 Å². The van der Waals surface area contributed by atoms with Crippen LogP contribution in [0.15, 0.2) is 43.0 Å². The fourth-order valence-electron chi connectivity index (χ4n) is 5.28.